The highest BCUT2D eigenvalue weighted by molar-refractivity contribution is 6.31. The van der Waals surface area contributed by atoms with Gasteiger partial charge in [0.1, 0.15) is 0 Å². The first-order chi connectivity index (χ1) is 7.02. The van der Waals surface area contributed by atoms with Crippen molar-refractivity contribution in [2.45, 2.75) is 44.6 Å². The van der Waals surface area contributed by atoms with Crippen molar-refractivity contribution in [1.82, 2.24) is 9.78 Å². The number of rotatable bonds is 4. The molecule has 1 fully saturated rings. The monoisotopic (exact) mass is 227 g/mol. The third-order valence-electron chi connectivity index (χ3n) is 3.24. The van der Waals surface area contributed by atoms with Gasteiger partial charge in [-0.25, -0.2) is 0 Å². The molecule has 0 aromatic carbocycles. The predicted molar refractivity (Wildman–Crippen MR) is 62.0 cm³/mol. The molecular weight excluding hydrogens is 210 g/mol. The van der Waals surface area contributed by atoms with Gasteiger partial charge in [0, 0.05) is 12.6 Å². The highest BCUT2D eigenvalue weighted by Gasteiger charge is 2.37. The molecule has 1 saturated carbocycles. The quantitative estimate of drug-likeness (QED) is 0.857. The Balaban J connectivity index is 1.92. The van der Waals surface area contributed by atoms with E-state index in [0.29, 0.717) is 0 Å². The van der Waals surface area contributed by atoms with Gasteiger partial charge in [0.15, 0.2) is 0 Å². The van der Waals surface area contributed by atoms with Crippen LogP contribution >= 0.6 is 11.6 Å². The molecule has 1 aromatic rings. The van der Waals surface area contributed by atoms with E-state index in [2.05, 4.69) is 5.10 Å². The van der Waals surface area contributed by atoms with Crippen molar-refractivity contribution in [2.75, 3.05) is 0 Å². The van der Waals surface area contributed by atoms with Gasteiger partial charge in [-0.3, -0.25) is 4.68 Å². The van der Waals surface area contributed by atoms with Gasteiger partial charge in [0.2, 0.25) is 0 Å². The molecule has 2 rings (SSSR count). The van der Waals surface area contributed by atoms with Gasteiger partial charge in [-0.2, -0.15) is 5.10 Å². The first kappa shape index (κ1) is 11.0. The molecule has 1 aliphatic carbocycles. The summed E-state index contributed by atoms with van der Waals surface area (Å²) in [7, 11) is 1.95. The molecule has 2 N–H and O–H groups in total. The van der Waals surface area contributed by atoms with Crippen LogP contribution in [0.5, 0.6) is 0 Å². The lowest BCUT2D eigenvalue weighted by molar-refractivity contribution is 0.562. The maximum atomic E-state index is 6.17. The summed E-state index contributed by atoms with van der Waals surface area (Å²) in [5, 5.41) is 5.11. The van der Waals surface area contributed by atoms with E-state index < -0.39 is 0 Å². The lowest BCUT2D eigenvalue weighted by atomic mass is 10.1. The van der Waals surface area contributed by atoms with Crippen LogP contribution in [0.1, 0.15) is 37.1 Å². The fraction of sp³-hybridized carbons (Fsp3) is 0.727. The van der Waals surface area contributed by atoms with E-state index in [1.807, 2.05) is 18.7 Å². The molecule has 0 spiro atoms. The van der Waals surface area contributed by atoms with E-state index in [1.165, 1.54) is 12.8 Å². The Morgan fingerprint density at radius 2 is 2.20 bits per heavy atom. The number of hydrogen-bond acceptors (Lipinski definition) is 2. The van der Waals surface area contributed by atoms with Crippen LogP contribution in [0.3, 0.4) is 0 Å². The van der Waals surface area contributed by atoms with Crippen molar-refractivity contribution in [3.63, 3.8) is 0 Å². The van der Waals surface area contributed by atoms with Gasteiger partial charge in [0.05, 0.1) is 16.4 Å². The first-order valence-electron chi connectivity index (χ1n) is 5.49. The molecule has 0 bridgehead atoms. The third-order valence-corrected chi connectivity index (χ3v) is 3.73. The topological polar surface area (TPSA) is 43.8 Å². The number of nitrogens with zero attached hydrogens (tertiary/aromatic N) is 2. The molecule has 0 amide bonds. The maximum Gasteiger partial charge on any atom is 0.0846 e. The van der Waals surface area contributed by atoms with Crippen LogP contribution in [0.15, 0.2) is 0 Å². The van der Waals surface area contributed by atoms with E-state index in [4.69, 9.17) is 17.3 Å². The molecule has 0 atom stereocenters. The molecule has 1 aromatic heterocycles. The predicted octanol–water partition coefficient (Wildman–Crippen LogP) is 2.20. The number of nitrogens with two attached hydrogens (primary N) is 1. The van der Waals surface area contributed by atoms with Crippen molar-refractivity contribution in [3.8, 4) is 0 Å². The van der Waals surface area contributed by atoms with Crippen LogP contribution in [-0.2, 0) is 13.5 Å². The van der Waals surface area contributed by atoms with Crippen LogP contribution in [0.25, 0.3) is 0 Å². The molecule has 0 saturated heterocycles. The SMILES string of the molecule is Cc1nn(C)c(CCCC2(N)CC2)c1Cl. The molecule has 1 heterocycles. The third kappa shape index (κ3) is 2.34. The first-order valence-corrected chi connectivity index (χ1v) is 5.86. The second-order valence-corrected chi connectivity index (χ2v) is 5.06. The van der Waals surface area contributed by atoms with Gasteiger partial charge < -0.3 is 5.73 Å². The van der Waals surface area contributed by atoms with Crippen LogP contribution in [0.4, 0.5) is 0 Å². The van der Waals surface area contributed by atoms with Crippen LogP contribution in [0, 0.1) is 6.92 Å². The Labute approximate surface area is 95.6 Å². The molecule has 1 aliphatic rings. The molecular formula is C11H18ClN3. The van der Waals surface area contributed by atoms with Gasteiger partial charge in [-0.1, -0.05) is 11.6 Å². The average Bonchev–Trinajstić information content (AvgIpc) is 2.84. The van der Waals surface area contributed by atoms with Crippen molar-refractivity contribution in [1.29, 1.82) is 0 Å². The van der Waals surface area contributed by atoms with Crippen molar-refractivity contribution in [2.24, 2.45) is 12.8 Å². The molecule has 0 radical (unpaired) electrons. The number of aromatic nitrogens is 2. The minimum absolute atomic E-state index is 0.153. The van der Waals surface area contributed by atoms with Crippen LogP contribution in [0.2, 0.25) is 5.02 Å². The zero-order valence-corrected chi connectivity index (χ0v) is 10.1. The van der Waals surface area contributed by atoms with E-state index >= 15 is 0 Å². The lowest BCUT2D eigenvalue weighted by Crippen LogP contribution is -2.21. The summed E-state index contributed by atoms with van der Waals surface area (Å²) in [5.41, 5.74) is 8.25. The average molecular weight is 228 g/mol. The van der Waals surface area contributed by atoms with Gasteiger partial charge >= 0.3 is 0 Å². The molecule has 84 valence electrons. The smallest absolute Gasteiger partial charge is 0.0846 e. The fourth-order valence-corrected chi connectivity index (χ4v) is 2.22. The Bertz CT molecular complexity index is 366. The molecule has 15 heavy (non-hydrogen) atoms. The Hall–Kier alpha value is -0.540. The van der Waals surface area contributed by atoms with E-state index in [9.17, 15) is 0 Å². The minimum atomic E-state index is 0.153. The Kier molecular flexibility index (Phi) is 2.77. The number of halogens is 1. The fourth-order valence-electron chi connectivity index (χ4n) is 1.97. The summed E-state index contributed by atoms with van der Waals surface area (Å²) >= 11 is 6.17. The van der Waals surface area contributed by atoms with Gasteiger partial charge in [0.25, 0.3) is 0 Å². The molecule has 4 heteroatoms. The largest absolute Gasteiger partial charge is 0.325 e. The number of aryl methyl sites for hydroxylation is 2. The highest BCUT2D eigenvalue weighted by atomic mass is 35.5. The lowest BCUT2D eigenvalue weighted by Gasteiger charge is -2.08. The Morgan fingerprint density at radius 3 is 2.67 bits per heavy atom. The summed E-state index contributed by atoms with van der Waals surface area (Å²) in [6.45, 7) is 1.94. The zero-order chi connectivity index (χ0) is 11.1. The summed E-state index contributed by atoms with van der Waals surface area (Å²) < 4.78 is 1.88. The van der Waals surface area contributed by atoms with Crippen molar-refractivity contribution < 1.29 is 0 Å². The van der Waals surface area contributed by atoms with Gasteiger partial charge in [-0.15, -0.1) is 0 Å². The van der Waals surface area contributed by atoms with E-state index in [0.717, 1.165) is 35.7 Å². The van der Waals surface area contributed by atoms with Crippen molar-refractivity contribution in [3.05, 3.63) is 16.4 Å². The van der Waals surface area contributed by atoms with Crippen LogP contribution in [-0.4, -0.2) is 15.3 Å². The summed E-state index contributed by atoms with van der Waals surface area (Å²) in [6.07, 6.45) is 5.56. The van der Waals surface area contributed by atoms with Gasteiger partial charge in [-0.05, 0) is 39.0 Å². The Morgan fingerprint density at radius 1 is 1.53 bits per heavy atom. The number of hydrogen-bond donors (Lipinski definition) is 1. The minimum Gasteiger partial charge on any atom is -0.325 e. The second kappa shape index (κ2) is 3.80. The second-order valence-electron chi connectivity index (χ2n) is 4.69. The molecule has 3 nitrogen and oxygen atoms in total. The zero-order valence-electron chi connectivity index (χ0n) is 9.39. The summed E-state index contributed by atoms with van der Waals surface area (Å²) in [5.74, 6) is 0. The van der Waals surface area contributed by atoms with E-state index in [-0.39, 0.29) is 5.54 Å². The van der Waals surface area contributed by atoms with Crippen molar-refractivity contribution >= 4 is 11.6 Å². The normalized spacial score (nSPS) is 18.1. The van der Waals surface area contributed by atoms with Crippen LogP contribution < -0.4 is 5.73 Å². The highest BCUT2D eigenvalue weighted by Crippen LogP contribution is 2.37. The van der Waals surface area contributed by atoms with E-state index in [1.54, 1.807) is 0 Å². The summed E-state index contributed by atoms with van der Waals surface area (Å²) in [4.78, 5) is 0. The molecule has 0 aliphatic heterocycles. The summed E-state index contributed by atoms with van der Waals surface area (Å²) in [6, 6.07) is 0. The standard InChI is InChI=1S/C11H18ClN3/c1-8-10(12)9(15(2)14-8)4-3-5-11(13)6-7-11/h3-7,13H2,1-2H3. The maximum absolute atomic E-state index is 6.17. The molecule has 0 unspecified atom stereocenters.